The van der Waals surface area contributed by atoms with Gasteiger partial charge in [-0.3, -0.25) is 0 Å². The molecule has 1 N–H and O–H groups in total. The van der Waals surface area contributed by atoms with Gasteiger partial charge in [-0.05, 0) is 44.7 Å². The molecule has 0 spiro atoms. The first kappa shape index (κ1) is 9.47. The lowest BCUT2D eigenvalue weighted by molar-refractivity contribution is 0.104. The molecule has 1 saturated carbocycles. The van der Waals surface area contributed by atoms with E-state index in [0.29, 0.717) is 6.10 Å². The second kappa shape index (κ2) is 4.97. The minimum Gasteiger partial charge on any atom is -0.378 e. The van der Waals surface area contributed by atoms with Gasteiger partial charge in [0.15, 0.2) is 0 Å². The Kier molecular flexibility index (Phi) is 3.62. The van der Waals surface area contributed by atoms with E-state index < -0.39 is 0 Å². The Morgan fingerprint density at radius 3 is 2.62 bits per heavy atom. The summed E-state index contributed by atoms with van der Waals surface area (Å²) in [6, 6.07) is 0. The average Bonchev–Trinajstić information content (AvgIpc) is 2.81. The van der Waals surface area contributed by atoms with E-state index in [1.54, 1.807) is 0 Å². The molecule has 76 valence electrons. The summed E-state index contributed by atoms with van der Waals surface area (Å²) in [5, 5.41) is 3.50. The Bertz CT molecular complexity index is 139. The van der Waals surface area contributed by atoms with Crippen LogP contribution in [-0.2, 0) is 4.74 Å². The van der Waals surface area contributed by atoms with Crippen LogP contribution in [0.5, 0.6) is 0 Å². The number of nitrogens with one attached hydrogen (secondary N) is 1. The van der Waals surface area contributed by atoms with Gasteiger partial charge in [0.05, 0.1) is 6.10 Å². The molecule has 2 fully saturated rings. The molecule has 0 amide bonds. The second-order valence-corrected chi connectivity index (χ2v) is 4.41. The molecule has 1 atom stereocenters. The fourth-order valence-electron chi connectivity index (χ4n) is 1.97. The first-order valence-corrected chi connectivity index (χ1v) is 5.77. The summed E-state index contributed by atoms with van der Waals surface area (Å²) in [7, 11) is 0. The summed E-state index contributed by atoms with van der Waals surface area (Å²) in [4.78, 5) is 0. The van der Waals surface area contributed by atoms with Crippen LogP contribution in [0.15, 0.2) is 0 Å². The van der Waals surface area contributed by atoms with Crippen LogP contribution in [0.3, 0.4) is 0 Å². The average molecular weight is 183 g/mol. The number of hydrogen-bond acceptors (Lipinski definition) is 2. The van der Waals surface area contributed by atoms with Crippen molar-refractivity contribution in [1.82, 2.24) is 5.32 Å². The zero-order chi connectivity index (χ0) is 8.93. The molecule has 2 heteroatoms. The molecule has 2 aliphatic rings. The summed E-state index contributed by atoms with van der Waals surface area (Å²) in [5.74, 6) is 1.07. The van der Waals surface area contributed by atoms with E-state index in [1.165, 1.54) is 45.1 Å². The van der Waals surface area contributed by atoms with Crippen LogP contribution >= 0.6 is 0 Å². The van der Waals surface area contributed by atoms with Gasteiger partial charge in [-0.15, -0.1) is 0 Å². The number of hydrogen-bond donors (Lipinski definition) is 1. The lowest BCUT2D eigenvalue weighted by atomic mass is 10.2. The highest BCUT2D eigenvalue weighted by molar-refractivity contribution is 4.74. The molecule has 0 radical (unpaired) electrons. The Labute approximate surface area is 81.0 Å². The maximum absolute atomic E-state index is 5.55. The molecular formula is C11H21NO. The summed E-state index contributed by atoms with van der Waals surface area (Å²) < 4.78 is 5.55. The van der Waals surface area contributed by atoms with Crippen LogP contribution in [0.2, 0.25) is 0 Å². The summed E-state index contributed by atoms with van der Waals surface area (Å²) in [6.07, 6.45) is 8.68. The van der Waals surface area contributed by atoms with Crippen molar-refractivity contribution in [3.63, 3.8) is 0 Å². The van der Waals surface area contributed by atoms with Crippen LogP contribution in [-0.4, -0.2) is 25.8 Å². The Morgan fingerprint density at radius 2 is 1.92 bits per heavy atom. The Morgan fingerprint density at radius 1 is 1.08 bits per heavy atom. The highest BCUT2D eigenvalue weighted by Gasteiger charge is 2.20. The lowest BCUT2D eigenvalue weighted by Crippen LogP contribution is -2.21. The van der Waals surface area contributed by atoms with Gasteiger partial charge >= 0.3 is 0 Å². The van der Waals surface area contributed by atoms with Crippen molar-refractivity contribution < 1.29 is 4.74 Å². The molecular weight excluding hydrogens is 162 g/mol. The fourth-order valence-corrected chi connectivity index (χ4v) is 1.97. The quantitative estimate of drug-likeness (QED) is 0.635. The van der Waals surface area contributed by atoms with Crippen molar-refractivity contribution in [3.05, 3.63) is 0 Å². The topological polar surface area (TPSA) is 21.3 Å². The summed E-state index contributed by atoms with van der Waals surface area (Å²) >= 11 is 0. The van der Waals surface area contributed by atoms with Crippen molar-refractivity contribution in [2.75, 3.05) is 19.7 Å². The normalized spacial score (nSPS) is 28.2. The standard InChI is InChI=1S/C11H21NO/c1-2-11(13-9-1)6-8-12-7-5-10-3-4-10/h10-12H,1-9H2. The third-order valence-electron chi connectivity index (χ3n) is 3.09. The van der Waals surface area contributed by atoms with Gasteiger partial charge in [0.25, 0.3) is 0 Å². The van der Waals surface area contributed by atoms with Crippen molar-refractivity contribution in [2.24, 2.45) is 5.92 Å². The largest absolute Gasteiger partial charge is 0.378 e. The van der Waals surface area contributed by atoms with Gasteiger partial charge < -0.3 is 10.1 Å². The van der Waals surface area contributed by atoms with Gasteiger partial charge in [0, 0.05) is 6.61 Å². The van der Waals surface area contributed by atoms with E-state index in [0.717, 1.165) is 19.1 Å². The van der Waals surface area contributed by atoms with E-state index in [-0.39, 0.29) is 0 Å². The molecule has 1 aliphatic carbocycles. The van der Waals surface area contributed by atoms with Gasteiger partial charge in [-0.25, -0.2) is 0 Å². The SMILES string of the molecule is C1COC(CCNCCC2CC2)C1. The minimum atomic E-state index is 0.563. The van der Waals surface area contributed by atoms with Crippen LogP contribution in [0.1, 0.15) is 38.5 Å². The Hall–Kier alpha value is -0.0800. The highest BCUT2D eigenvalue weighted by atomic mass is 16.5. The molecule has 0 bridgehead atoms. The summed E-state index contributed by atoms with van der Waals surface area (Å²) in [5.41, 5.74) is 0. The van der Waals surface area contributed by atoms with E-state index in [1.807, 2.05) is 0 Å². The molecule has 2 rings (SSSR count). The van der Waals surface area contributed by atoms with Crippen molar-refractivity contribution in [3.8, 4) is 0 Å². The minimum absolute atomic E-state index is 0.563. The molecule has 1 saturated heterocycles. The van der Waals surface area contributed by atoms with Crippen LogP contribution < -0.4 is 5.32 Å². The smallest absolute Gasteiger partial charge is 0.0588 e. The molecule has 0 aromatic heterocycles. The molecule has 0 aromatic rings. The van der Waals surface area contributed by atoms with Gasteiger partial charge in [0.2, 0.25) is 0 Å². The van der Waals surface area contributed by atoms with Crippen LogP contribution in [0, 0.1) is 5.92 Å². The predicted octanol–water partition coefficient (Wildman–Crippen LogP) is 1.95. The maximum Gasteiger partial charge on any atom is 0.0588 e. The highest BCUT2D eigenvalue weighted by Crippen LogP contribution is 2.31. The third kappa shape index (κ3) is 3.65. The molecule has 1 aliphatic heterocycles. The first-order chi connectivity index (χ1) is 6.45. The van der Waals surface area contributed by atoms with E-state index >= 15 is 0 Å². The lowest BCUT2D eigenvalue weighted by Gasteiger charge is -2.09. The number of ether oxygens (including phenoxy) is 1. The molecule has 13 heavy (non-hydrogen) atoms. The predicted molar refractivity (Wildman–Crippen MR) is 53.8 cm³/mol. The van der Waals surface area contributed by atoms with E-state index in [4.69, 9.17) is 4.74 Å². The van der Waals surface area contributed by atoms with Crippen LogP contribution in [0.25, 0.3) is 0 Å². The monoisotopic (exact) mass is 183 g/mol. The molecule has 0 aromatic carbocycles. The van der Waals surface area contributed by atoms with E-state index in [2.05, 4.69) is 5.32 Å². The first-order valence-electron chi connectivity index (χ1n) is 5.77. The Balaban J connectivity index is 1.39. The molecule has 1 unspecified atom stereocenters. The molecule has 2 nitrogen and oxygen atoms in total. The zero-order valence-corrected chi connectivity index (χ0v) is 8.43. The van der Waals surface area contributed by atoms with Gasteiger partial charge in [-0.1, -0.05) is 12.8 Å². The second-order valence-electron chi connectivity index (χ2n) is 4.41. The van der Waals surface area contributed by atoms with Crippen LogP contribution in [0.4, 0.5) is 0 Å². The van der Waals surface area contributed by atoms with Crippen molar-refractivity contribution in [1.29, 1.82) is 0 Å². The fraction of sp³-hybridized carbons (Fsp3) is 1.00. The number of rotatable bonds is 6. The van der Waals surface area contributed by atoms with Crippen molar-refractivity contribution in [2.45, 2.75) is 44.6 Å². The van der Waals surface area contributed by atoms with Gasteiger partial charge in [-0.2, -0.15) is 0 Å². The third-order valence-corrected chi connectivity index (χ3v) is 3.09. The molecule has 1 heterocycles. The van der Waals surface area contributed by atoms with E-state index in [9.17, 15) is 0 Å². The van der Waals surface area contributed by atoms with Gasteiger partial charge in [0.1, 0.15) is 0 Å². The van der Waals surface area contributed by atoms with Crippen molar-refractivity contribution >= 4 is 0 Å². The summed E-state index contributed by atoms with van der Waals surface area (Å²) in [6.45, 7) is 3.36. The zero-order valence-electron chi connectivity index (χ0n) is 8.43. The maximum atomic E-state index is 5.55.